The number of hydrogen-bond donors (Lipinski definition) is 0. The average molecular weight is 267 g/mol. The van der Waals surface area contributed by atoms with E-state index in [1.807, 2.05) is 30.3 Å². The van der Waals surface area contributed by atoms with Crippen LogP contribution < -0.4 is 4.74 Å². The zero-order valence-electron chi connectivity index (χ0n) is 10.0. The summed E-state index contributed by atoms with van der Waals surface area (Å²) in [5.74, 6) is 2.70. The second-order valence-electron chi connectivity index (χ2n) is 3.79. The van der Waals surface area contributed by atoms with Crippen molar-refractivity contribution in [2.24, 2.45) is 0 Å². The van der Waals surface area contributed by atoms with Crippen LogP contribution in [0.5, 0.6) is 5.75 Å². The van der Waals surface area contributed by atoms with E-state index in [1.165, 1.54) is 0 Å². The molecule has 18 heavy (non-hydrogen) atoms. The molecule has 0 aliphatic carbocycles. The lowest BCUT2D eigenvalue weighted by atomic mass is 10.3. The molecule has 5 heteroatoms. The van der Waals surface area contributed by atoms with Gasteiger partial charge in [0.15, 0.2) is 0 Å². The molecule has 0 spiro atoms. The molecule has 0 N–H and O–H groups in total. The summed E-state index contributed by atoms with van der Waals surface area (Å²) >= 11 is 5.60. The zero-order valence-corrected chi connectivity index (χ0v) is 10.8. The van der Waals surface area contributed by atoms with Gasteiger partial charge in [-0.05, 0) is 18.6 Å². The van der Waals surface area contributed by atoms with Crippen molar-refractivity contribution in [2.75, 3.05) is 12.5 Å². The van der Waals surface area contributed by atoms with E-state index in [-0.39, 0.29) is 0 Å². The normalized spacial score (nSPS) is 10.5. The zero-order chi connectivity index (χ0) is 12.6. The van der Waals surface area contributed by atoms with Gasteiger partial charge in [0, 0.05) is 12.3 Å². The second-order valence-corrected chi connectivity index (χ2v) is 4.17. The van der Waals surface area contributed by atoms with Crippen molar-refractivity contribution in [3.63, 3.8) is 0 Å². The van der Waals surface area contributed by atoms with Crippen molar-refractivity contribution in [1.29, 1.82) is 0 Å². The Labute approximate surface area is 111 Å². The number of alkyl halides is 1. The third kappa shape index (κ3) is 4.04. The summed E-state index contributed by atoms with van der Waals surface area (Å²) in [6.45, 7) is 0.529. The predicted molar refractivity (Wildman–Crippen MR) is 69.0 cm³/mol. The molecule has 0 aliphatic rings. The number of aryl methyl sites for hydroxylation is 1. The molecular weight excluding hydrogens is 252 g/mol. The first-order chi connectivity index (χ1) is 8.88. The highest BCUT2D eigenvalue weighted by atomic mass is 35.5. The Hall–Kier alpha value is -1.55. The van der Waals surface area contributed by atoms with Gasteiger partial charge in [-0.2, -0.15) is 0 Å². The molecule has 0 saturated heterocycles. The van der Waals surface area contributed by atoms with Gasteiger partial charge >= 0.3 is 0 Å². The molecule has 0 amide bonds. The van der Waals surface area contributed by atoms with E-state index in [0.717, 1.165) is 18.6 Å². The fraction of sp³-hybridized carbons (Fsp3) is 0.385. The summed E-state index contributed by atoms with van der Waals surface area (Å²) in [4.78, 5) is 0. The number of nitrogens with zero attached hydrogens (tertiary/aromatic N) is 2. The molecule has 1 aromatic carbocycles. The van der Waals surface area contributed by atoms with Gasteiger partial charge in [-0.15, -0.1) is 21.8 Å². The maximum absolute atomic E-state index is 5.60. The van der Waals surface area contributed by atoms with Crippen LogP contribution in [0.15, 0.2) is 34.7 Å². The van der Waals surface area contributed by atoms with Crippen LogP contribution in [0.4, 0.5) is 0 Å². The Kier molecular flexibility index (Phi) is 5.02. The predicted octanol–water partition coefficient (Wildman–Crippen LogP) is 2.86. The van der Waals surface area contributed by atoms with E-state index in [9.17, 15) is 0 Å². The lowest BCUT2D eigenvalue weighted by Crippen LogP contribution is -2.01. The highest BCUT2D eigenvalue weighted by Gasteiger charge is 2.05. The van der Waals surface area contributed by atoms with Gasteiger partial charge in [0.2, 0.25) is 11.8 Å². The van der Waals surface area contributed by atoms with Crippen molar-refractivity contribution < 1.29 is 9.15 Å². The van der Waals surface area contributed by atoms with Crippen LogP contribution in [0, 0.1) is 0 Å². The maximum Gasteiger partial charge on any atom is 0.219 e. The third-order valence-corrected chi connectivity index (χ3v) is 2.63. The van der Waals surface area contributed by atoms with Crippen LogP contribution in [0.2, 0.25) is 0 Å². The molecule has 2 rings (SSSR count). The van der Waals surface area contributed by atoms with E-state index >= 15 is 0 Å². The monoisotopic (exact) mass is 266 g/mol. The minimum Gasteiger partial charge on any atom is -0.493 e. The van der Waals surface area contributed by atoms with Crippen LogP contribution >= 0.6 is 11.6 Å². The van der Waals surface area contributed by atoms with Crippen LogP contribution in [0.25, 0.3) is 0 Å². The minimum absolute atomic E-state index is 0.529. The molecule has 1 aromatic heterocycles. The van der Waals surface area contributed by atoms with E-state index < -0.39 is 0 Å². The third-order valence-electron chi connectivity index (χ3n) is 2.36. The lowest BCUT2D eigenvalue weighted by molar-refractivity contribution is 0.303. The Morgan fingerprint density at radius 1 is 1.06 bits per heavy atom. The van der Waals surface area contributed by atoms with Gasteiger partial charge < -0.3 is 9.15 Å². The molecule has 0 atom stereocenters. The molecular formula is C13H15ClN2O2. The highest BCUT2D eigenvalue weighted by Crippen LogP contribution is 2.09. The summed E-state index contributed by atoms with van der Waals surface area (Å²) < 4.78 is 11.0. The Morgan fingerprint density at radius 3 is 2.50 bits per heavy atom. The van der Waals surface area contributed by atoms with Crippen LogP contribution in [-0.4, -0.2) is 22.7 Å². The van der Waals surface area contributed by atoms with Gasteiger partial charge in [0.1, 0.15) is 5.75 Å². The summed E-state index contributed by atoms with van der Waals surface area (Å²) in [5, 5.41) is 7.91. The van der Waals surface area contributed by atoms with Crippen molar-refractivity contribution in [3.05, 3.63) is 42.1 Å². The van der Waals surface area contributed by atoms with Crippen LogP contribution in [0.1, 0.15) is 18.2 Å². The molecule has 0 bridgehead atoms. The average Bonchev–Trinajstić information content (AvgIpc) is 2.85. The summed E-state index contributed by atoms with van der Waals surface area (Å²) in [6, 6.07) is 9.66. The number of benzene rings is 1. The first kappa shape index (κ1) is 12.9. The molecule has 0 aliphatic heterocycles. The van der Waals surface area contributed by atoms with Gasteiger partial charge in [-0.25, -0.2) is 0 Å². The largest absolute Gasteiger partial charge is 0.493 e. The van der Waals surface area contributed by atoms with Gasteiger partial charge in [0.05, 0.1) is 13.0 Å². The summed E-state index contributed by atoms with van der Waals surface area (Å²) in [7, 11) is 0. The number of aromatic nitrogens is 2. The number of ether oxygens (including phenoxy) is 1. The number of hydrogen-bond acceptors (Lipinski definition) is 4. The summed E-state index contributed by atoms with van der Waals surface area (Å²) in [6.07, 6.45) is 2.20. The fourth-order valence-corrected chi connectivity index (χ4v) is 1.61. The highest BCUT2D eigenvalue weighted by molar-refractivity contribution is 6.17. The van der Waals surface area contributed by atoms with Crippen LogP contribution in [-0.2, 0) is 12.8 Å². The Morgan fingerprint density at radius 2 is 1.78 bits per heavy atom. The van der Waals surface area contributed by atoms with Crippen molar-refractivity contribution in [3.8, 4) is 5.75 Å². The molecule has 1 heterocycles. The van der Waals surface area contributed by atoms with Crippen molar-refractivity contribution in [2.45, 2.75) is 19.3 Å². The maximum atomic E-state index is 5.60. The van der Waals surface area contributed by atoms with E-state index in [1.54, 1.807) is 0 Å². The van der Waals surface area contributed by atoms with Crippen molar-refractivity contribution >= 4 is 11.6 Å². The molecule has 0 saturated carbocycles. The topological polar surface area (TPSA) is 48.2 Å². The molecule has 0 radical (unpaired) electrons. The van der Waals surface area contributed by atoms with Crippen molar-refractivity contribution in [1.82, 2.24) is 10.2 Å². The molecule has 96 valence electrons. The summed E-state index contributed by atoms with van der Waals surface area (Å²) in [5.41, 5.74) is 0. The van der Waals surface area contributed by atoms with E-state index in [2.05, 4.69) is 10.2 Å². The first-order valence-electron chi connectivity index (χ1n) is 5.93. The minimum atomic E-state index is 0.529. The number of rotatable bonds is 7. The van der Waals surface area contributed by atoms with Gasteiger partial charge in [-0.3, -0.25) is 0 Å². The molecule has 4 nitrogen and oxygen atoms in total. The first-order valence-corrected chi connectivity index (χ1v) is 6.47. The Bertz CT molecular complexity index is 459. The SMILES string of the molecule is ClCCCc1nnc(CCOc2ccccc2)o1. The van der Waals surface area contributed by atoms with Gasteiger partial charge in [-0.1, -0.05) is 18.2 Å². The number of halogens is 1. The van der Waals surface area contributed by atoms with Crippen LogP contribution in [0.3, 0.4) is 0 Å². The standard InChI is InChI=1S/C13H15ClN2O2/c14-9-4-7-12-15-16-13(18-12)8-10-17-11-5-2-1-3-6-11/h1-3,5-6H,4,7-10H2. The lowest BCUT2D eigenvalue weighted by Gasteiger charge is -2.02. The molecule has 0 unspecified atom stereocenters. The quantitative estimate of drug-likeness (QED) is 0.723. The van der Waals surface area contributed by atoms with E-state index in [0.29, 0.717) is 30.7 Å². The second kappa shape index (κ2) is 7.01. The molecule has 2 aromatic rings. The van der Waals surface area contributed by atoms with E-state index in [4.69, 9.17) is 20.8 Å². The fourth-order valence-electron chi connectivity index (χ4n) is 1.48. The van der Waals surface area contributed by atoms with Gasteiger partial charge in [0.25, 0.3) is 0 Å². The smallest absolute Gasteiger partial charge is 0.219 e. The Balaban J connectivity index is 1.75. The number of para-hydroxylation sites is 1. The molecule has 0 fully saturated rings.